The van der Waals surface area contributed by atoms with E-state index in [1.54, 1.807) is 17.0 Å². The van der Waals surface area contributed by atoms with E-state index in [1.807, 2.05) is 6.92 Å². The minimum absolute atomic E-state index is 0.0372. The highest BCUT2D eigenvalue weighted by Gasteiger charge is 2.32. The van der Waals surface area contributed by atoms with Crippen LogP contribution in [0.4, 0.5) is 4.39 Å². The van der Waals surface area contributed by atoms with Crippen molar-refractivity contribution < 1.29 is 13.9 Å². The number of hydrogen-bond acceptors (Lipinski definition) is 3. The quantitative estimate of drug-likeness (QED) is 0.927. The summed E-state index contributed by atoms with van der Waals surface area (Å²) in [4.78, 5) is 14.6. The van der Waals surface area contributed by atoms with E-state index in [0.29, 0.717) is 12.3 Å². The van der Waals surface area contributed by atoms with Crippen molar-refractivity contribution in [2.75, 3.05) is 20.2 Å². The van der Waals surface area contributed by atoms with Gasteiger partial charge in [-0.1, -0.05) is 19.9 Å². The molecule has 1 aromatic carbocycles. The summed E-state index contributed by atoms with van der Waals surface area (Å²) >= 11 is 0. The smallest absolute Gasteiger partial charge is 0.260 e. The van der Waals surface area contributed by atoms with Gasteiger partial charge in [-0.05, 0) is 25.0 Å². The van der Waals surface area contributed by atoms with Crippen molar-refractivity contribution in [2.45, 2.75) is 38.8 Å². The lowest BCUT2D eigenvalue weighted by Crippen LogP contribution is -2.58. The number of piperazine rings is 1. The highest BCUT2D eigenvalue weighted by atomic mass is 19.1. The number of rotatable bonds is 4. The molecular weight excluding hydrogens is 271 g/mol. The Kier molecular flexibility index (Phi) is 5.17. The lowest BCUT2D eigenvalue weighted by molar-refractivity contribution is 0.0567. The molecule has 0 bridgehead atoms. The minimum Gasteiger partial charge on any atom is -0.496 e. The number of benzene rings is 1. The first-order valence-corrected chi connectivity index (χ1v) is 7.49. The van der Waals surface area contributed by atoms with Gasteiger partial charge in [0.25, 0.3) is 5.91 Å². The standard InChI is InChI=1S/C16H23FN2O2/c1-4-11-10-19(12(5-2)9-18-11)16(20)15-13(17)7-6-8-14(15)21-3/h6-8,11-12,18H,4-5,9-10H2,1-3H3. The highest BCUT2D eigenvalue weighted by molar-refractivity contribution is 5.97. The Labute approximate surface area is 125 Å². The van der Waals surface area contributed by atoms with E-state index in [0.717, 1.165) is 19.4 Å². The van der Waals surface area contributed by atoms with Crippen LogP contribution in [0.1, 0.15) is 37.0 Å². The maximum atomic E-state index is 14.1. The predicted octanol–water partition coefficient (Wildman–Crippen LogP) is 2.44. The third-order valence-corrected chi connectivity index (χ3v) is 4.13. The summed E-state index contributed by atoms with van der Waals surface area (Å²) in [5.74, 6) is -0.515. The monoisotopic (exact) mass is 294 g/mol. The topological polar surface area (TPSA) is 41.6 Å². The van der Waals surface area contributed by atoms with Gasteiger partial charge >= 0.3 is 0 Å². The van der Waals surface area contributed by atoms with Crippen LogP contribution < -0.4 is 10.1 Å². The van der Waals surface area contributed by atoms with Gasteiger partial charge in [-0.15, -0.1) is 0 Å². The molecule has 5 heteroatoms. The average molecular weight is 294 g/mol. The minimum atomic E-state index is -0.527. The highest BCUT2D eigenvalue weighted by Crippen LogP contribution is 2.25. The first-order valence-electron chi connectivity index (χ1n) is 7.49. The average Bonchev–Trinajstić information content (AvgIpc) is 2.53. The summed E-state index contributed by atoms with van der Waals surface area (Å²) in [5.41, 5.74) is 0.0372. The van der Waals surface area contributed by atoms with Gasteiger partial charge in [-0.25, -0.2) is 4.39 Å². The molecule has 1 saturated heterocycles. The van der Waals surface area contributed by atoms with Crippen LogP contribution >= 0.6 is 0 Å². The molecule has 1 aliphatic rings. The van der Waals surface area contributed by atoms with Crippen molar-refractivity contribution in [2.24, 2.45) is 0 Å². The number of amides is 1. The molecular formula is C16H23FN2O2. The van der Waals surface area contributed by atoms with Crippen LogP contribution in [0.15, 0.2) is 18.2 Å². The molecule has 21 heavy (non-hydrogen) atoms. The second-order valence-electron chi connectivity index (χ2n) is 5.35. The van der Waals surface area contributed by atoms with Crippen molar-refractivity contribution >= 4 is 5.91 Å². The maximum absolute atomic E-state index is 14.1. The van der Waals surface area contributed by atoms with Crippen LogP contribution in [0, 0.1) is 5.82 Å². The van der Waals surface area contributed by atoms with Gasteiger partial charge in [0.1, 0.15) is 17.1 Å². The SMILES string of the molecule is CCC1CN(C(=O)c2c(F)cccc2OC)C(CC)CN1. The van der Waals surface area contributed by atoms with E-state index < -0.39 is 5.82 Å². The van der Waals surface area contributed by atoms with E-state index in [9.17, 15) is 9.18 Å². The largest absolute Gasteiger partial charge is 0.496 e. The Hall–Kier alpha value is -1.62. The van der Waals surface area contributed by atoms with Gasteiger partial charge in [0.05, 0.1) is 7.11 Å². The number of nitrogens with zero attached hydrogens (tertiary/aromatic N) is 1. The van der Waals surface area contributed by atoms with Crippen molar-refractivity contribution in [1.82, 2.24) is 10.2 Å². The van der Waals surface area contributed by atoms with Crippen molar-refractivity contribution in [3.05, 3.63) is 29.6 Å². The number of carbonyl (C=O) groups is 1. The number of ether oxygens (including phenoxy) is 1. The Balaban J connectivity index is 2.32. The number of hydrogen-bond donors (Lipinski definition) is 1. The molecule has 4 nitrogen and oxygen atoms in total. The molecule has 0 aromatic heterocycles. The van der Waals surface area contributed by atoms with Crippen LogP contribution in [0.5, 0.6) is 5.75 Å². The zero-order chi connectivity index (χ0) is 15.4. The number of halogens is 1. The van der Waals surface area contributed by atoms with E-state index in [-0.39, 0.29) is 23.6 Å². The maximum Gasteiger partial charge on any atom is 0.260 e. The molecule has 2 rings (SSSR count). The molecule has 1 heterocycles. The second kappa shape index (κ2) is 6.89. The molecule has 2 unspecified atom stereocenters. The van der Waals surface area contributed by atoms with E-state index in [1.165, 1.54) is 13.2 Å². The van der Waals surface area contributed by atoms with Crippen molar-refractivity contribution in [3.63, 3.8) is 0 Å². The fourth-order valence-electron chi connectivity index (χ4n) is 2.78. The third kappa shape index (κ3) is 3.18. The van der Waals surface area contributed by atoms with Gasteiger partial charge in [0.15, 0.2) is 0 Å². The molecule has 1 amide bonds. The fourth-order valence-corrected chi connectivity index (χ4v) is 2.78. The molecule has 0 radical (unpaired) electrons. The summed E-state index contributed by atoms with van der Waals surface area (Å²) in [6, 6.07) is 4.82. The second-order valence-corrected chi connectivity index (χ2v) is 5.35. The van der Waals surface area contributed by atoms with Crippen LogP contribution in [-0.2, 0) is 0 Å². The Morgan fingerprint density at radius 2 is 2.19 bits per heavy atom. The van der Waals surface area contributed by atoms with Crippen molar-refractivity contribution in [1.29, 1.82) is 0 Å². The van der Waals surface area contributed by atoms with E-state index >= 15 is 0 Å². The summed E-state index contributed by atoms with van der Waals surface area (Å²) in [6.07, 6.45) is 1.78. The fraction of sp³-hybridized carbons (Fsp3) is 0.562. The number of carbonyl (C=O) groups excluding carboxylic acids is 1. The van der Waals surface area contributed by atoms with E-state index in [4.69, 9.17) is 4.74 Å². The molecule has 116 valence electrons. The summed E-state index contributed by atoms with van der Waals surface area (Å²) in [6.45, 7) is 5.47. The first-order chi connectivity index (χ1) is 10.1. The molecule has 1 aromatic rings. The van der Waals surface area contributed by atoms with Gasteiger partial charge in [0.2, 0.25) is 0 Å². The van der Waals surface area contributed by atoms with Crippen LogP contribution in [0.25, 0.3) is 0 Å². The normalized spacial score (nSPS) is 22.2. The lowest BCUT2D eigenvalue weighted by atomic mass is 10.0. The van der Waals surface area contributed by atoms with Gasteiger partial charge in [-0.3, -0.25) is 4.79 Å². The third-order valence-electron chi connectivity index (χ3n) is 4.13. The zero-order valence-corrected chi connectivity index (χ0v) is 12.9. The first kappa shape index (κ1) is 15.8. The molecule has 2 atom stereocenters. The van der Waals surface area contributed by atoms with Gasteiger partial charge in [0, 0.05) is 25.2 Å². The van der Waals surface area contributed by atoms with Crippen LogP contribution in [0.2, 0.25) is 0 Å². The lowest BCUT2D eigenvalue weighted by Gasteiger charge is -2.40. The van der Waals surface area contributed by atoms with Gasteiger partial charge in [-0.2, -0.15) is 0 Å². The summed E-state index contributed by atoms with van der Waals surface area (Å²) < 4.78 is 19.3. The van der Waals surface area contributed by atoms with Crippen molar-refractivity contribution in [3.8, 4) is 5.75 Å². The molecule has 1 fully saturated rings. The molecule has 0 spiro atoms. The van der Waals surface area contributed by atoms with Crippen LogP contribution in [0.3, 0.4) is 0 Å². The van der Waals surface area contributed by atoms with Crippen LogP contribution in [-0.4, -0.2) is 43.1 Å². The molecule has 1 N–H and O–H groups in total. The molecule has 0 saturated carbocycles. The number of methoxy groups -OCH3 is 1. The predicted molar refractivity (Wildman–Crippen MR) is 80.1 cm³/mol. The molecule has 1 aliphatic heterocycles. The van der Waals surface area contributed by atoms with E-state index in [2.05, 4.69) is 12.2 Å². The van der Waals surface area contributed by atoms with Gasteiger partial charge < -0.3 is 15.0 Å². The number of nitrogens with one attached hydrogen (secondary N) is 1. The summed E-state index contributed by atoms with van der Waals surface area (Å²) in [5, 5.41) is 3.43. The Morgan fingerprint density at radius 1 is 1.43 bits per heavy atom. The Bertz CT molecular complexity index is 507. The zero-order valence-electron chi connectivity index (χ0n) is 12.9. The summed E-state index contributed by atoms with van der Waals surface area (Å²) in [7, 11) is 1.45. The molecule has 0 aliphatic carbocycles. The Morgan fingerprint density at radius 3 is 2.81 bits per heavy atom.